The fourth-order valence-corrected chi connectivity index (χ4v) is 3.89. The van der Waals surface area contributed by atoms with Gasteiger partial charge in [-0.05, 0) is 80.8 Å². The second-order valence-electron chi connectivity index (χ2n) is 7.80. The molecule has 1 heterocycles. The summed E-state index contributed by atoms with van der Waals surface area (Å²) in [5, 5.41) is 3.76. The molecule has 0 radical (unpaired) electrons. The minimum Gasteiger partial charge on any atom is -0.479 e. The van der Waals surface area contributed by atoms with E-state index in [2.05, 4.69) is 16.4 Å². The minimum atomic E-state index is -0.772. The first kappa shape index (κ1) is 22.2. The maximum Gasteiger partial charge on any atom is 0.265 e. The van der Waals surface area contributed by atoms with Crippen LogP contribution in [0, 0.1) is 20.8 Å². The van der Waals surface area contributed by atoms with Crippen molar-refractivity contribution in [1.82, 2.24) is 4.98 Å². The van der Waals surface area contributed by atoms with Crippen molar-refractivity contribution >= 4 is 45.9 Å². The van der Waals surface area contributed by atoms with E-state index >= 15 is 0 Å². The highest BCUT2D eigenvalue weighted by Gasteiger charge is 2.18. The lowest BCUT2D eigenvalue weighted by Gasteiger charge is -2.17. The van der Waals surface area contributed by atoms with Crippen molar-refractivity contribution in [1.29, 1.82) is 0 Å². The molecule has 164 valence electrons. The molecule has 7 heteroatoms. The average Bonchev–Trinajstić information content (AvgIpc) is 3.16. The Kier molecular flexibility index (Phi) is 6.13. The van der Waals surface area contributed by atoms with E-state index in [0.717, 1.165) is 33.4 Å². The van der Waals surface area contributed by atoms with E-state index in [1.54, 1.807) is 25.1 Å². The first-order valence-corrected chi connectivity index (χ1v) is 10.9. The summed E-state index contributed by atoms with van der Waals surface area (Å²) in [5.41, 5.74) is 6.06. The molecule has 1 atom stereocenters. The minimum absolute atomic E-state index is 0.305. The van der Waals surface area contributed by atoms with Crippen molar-refractivity contribution in [3.05, 3.63) is 75.3 Å². The number of hydrogen-bond donors (Lipinski definition) is 1. The number of fused-ring (bicyclic) bond motifs is 1. The van der Waals surface area contributed by atoms with E-state index < -0.39 is 6.10 Å². The molecule has 0 aliphatic rings. The van der Waals surface area contributed by atoms with Gasteiger partial charge in [0.1, 0.15) is 11.3 Å². The number of hydrogen-bond acceptors (Lipinski definition) is 4. The van der Waals surface area contributed by atoms with Crippen molar-refractivity contribution < 1.29 is 13.9 Å². The maximum absolute atomic E-state index is 12.8. The third-order valence-electron chi connectivity index (χ3n) is 5.13. The van der Waals surface area contributed by atoms with Crippen LogP contribution in [0.15, 0.2) is 52.9 Å². The molecule has 0 aliphatic heterocycles. The quantitative estimate of drug-likeness (QED) is 0.338. The van der Waals surface area contributed by atoms with Crippen molar-refractivity contribution in [3.63, 3.8) is 0 Å². The van der Waals surface area contributed by atoms with E-state index in [1.165, 1.54) is 0 Å². The number of amides is 1. The first-order chi connectivity index (χ1) is 15.2. The fraction of sp³-hybridized carbons (Fsp3) is 0.200. The second kappa shape index (κ2) is 8.85. The topological polar surface area (TPSA) is 64.4 Å². The maximum atomic E-state index is 12.8. The molecule has 32 heavy (non-hydrogen) atoms. The van der Waals surface area contributed by atoms with Crippen LogP contribution in [-0.2, 0) is 4.79 Å². The number of anilines is 1. The average molecular weight is 469 g/mol. The molecule has 0 saturated carbocycles. The number of halogens is 2. The van der Waals surface area contributed by atoms with Gasteiger partial charge in [-0.15, -0.1) is 0 Å². The van der Waals surface area contributed by atoms with Gasteiger partial charge in [-0.1, -0.05) is 35.3 Å². The van der Waals surface area contributed by atoms with Gasteiger partial charge in [-0.25, -0.2) is 4.98 Å². The van der Waals surface area contributed by atoms with Crippen LogP contribution in [0.5, 0.6) is 5.75 Å². The standard InChI is InChI=1S/C25H22Cl2N2O3/c1-13-9-15(3)23-21(10-13)29-25(32-23)17-6-5-14(2)20(11-17)28-24(30)16(4)31-22-8-7-18(26)12-19(22)27/h5-12,16H,1-4H3,(H,28,30). The lowest BCUT2D eigenvalue weighted by Crippen LogP contribution is -2.30. The number of rotatable bonds is 5. The summed E-state index contributed by atoms with van der Waals surface area (Å²) in [5.74, 6) is 0.586. The summed E-state index contributed by atoms with van der Waals surface area (Å²) in [4.78, 5) is 17.4. The van der Waals surface area contributed by atoms with Crippen LogP contribution in [0.3, 0.4) is 0 Å². The molecular weight excluding hydrogens is 447 g/mol. The normalized spacial score (nSPS) is 12.1. The zero-order valence-corrected chi connectivity index (χ0v) is 19.6. The molecule has 1 N–H and O–H groups in total. The monoisotopic (exact) mass is 468 g/mol. The number of aryl methyl sites for hydroxylation is 3. The van der Waals surface area contributed by atoms with Crippen LogP contribution >= 0.6 is 23.2 Å². The number of carbonyl (C=O) groups is 1. The van der Waals surface area contributed by atoms with Crippen molar-refractivity contribution in [2.45, 2.75) is 33.8 Å². The van der Waals surface area contributed by atoms with E-state index in [4.69, 9.17) is 32.4 Å². The van der Waals surface area contributed by atoms with Crippen LogP contribution in [0.4, 0.5) is 5.69 Å². The molecule has 4 rings (SSSR count). The van der Waals surface area contributed by atoms with E-state index in [0.29, 0.717) is 27.4 Å². The van der Waals surface area contributed by atoms with Gasteiger partial charge in [-0.2, -0.15) is 0 Å². The van der Waals surface area contributed by atoms with Gasteiger partial charge in [0, 0.05) is 16.3 Å². The molecule has 1 amide bonds. The Morgan fingerprint density at radius 1 is 1.03 bits per heavy atom. The van der Waals surface area contributed by atoms with Gasteiger partial charge >= 0.3 is 0 Å². The fourth-order valence-electron chi connectivity index (χ4n) is 3.44. The number of benzene rings is 3. The smallest absolute Gasteiger partial charge is 0.265 e. The Bertz CT molecular complexity index is 1330. The SMILES string of the molecule is Cc1cc(C)c2oc(-c3ccc(C)c(NC(=O)C(C)Oc4ccc(Cl)cc4Cl)c3)nc2c1. The summed E-state index contributed by atoms with van der Waals surface area (Å²) in [6.45, 7) is 7.60. The summed E-state index contributed by atoms with van der Waals surface area (Å²) in [6.07, 6.45) is -0.772. The van der Waals surface area contributed by atoms with Gasteiger partial charge in [0.15, 0.2) is 11.7 Å². The highest BCUT2D eigenvalue weighted by atomic mass is 35.5. The summed E-state index contributed by atoms with van der Waals surface area (Å²) >= 11 is 12.1. The number of ether oxygens (including phenoxy) is 1. The highest BCUT2D eigenvalue weighted by Crippen LogP contribution is 2.31. The molecule has 0 spiro atoms. The van der Waals surface area contributed by atoms with Crippen LogP contribution in [0.2, 0.25) is 10.0 Å². The summed E-state index contributed by atoms with van der Waals surface area (Å²) in [7, 11) is 0. The molecule has 0 aliphatic carbocycles. The molecule has 0 saturated heterocycles. The molecule has 5 nitrogen and oxygen atoms in total. The molecule has 0 fully saturated rings. The number of carbonyl (C=O) groups excluding carboxylic acids is 1. The van der Waals surface area contributed by atoms with Crippen LogP contribution in [-0.4, -0.2) is 17.0 Å². The second-order valence-corrected chi connectivity index (χ2v) is 8.65. The van der Waals surface area contributed by atoms with E-state index in [-0.39, 0.29) is 5.91 Å². The lowest BCUT2D eigenvalue weighted by molar-refractivity contribution is -0.122. The Hall–Kier alpha value is -3.02. The van der Waals surface area contributed by atoms with Crippen molar-refractivity contribution in [3.8, 4) is 17.2 Å². The predicted molar refractivity (Wildman–Crippen MR) is 129 cm³/mol. The third kappa shape index (κ3) is 4.59. The van der Waals surface area contributed by atoms with Gasteiger partial charge in [0.25, 0.3) is 5.91 Å². The Morgan fingerprint density at radius 3 is 2.56 bits per heavy atom. The van der Waals surface area contributed by atoms with Gasteiger partial charge in [0.05, 0.1) is 5.02 Å². The molecular formula is C25H22Cl2N2O3. The van der Waals surface area contributed by atoms with E-state index in [9.17, 15) is 4.79 Å². The summed E-state index contributed by atoms with van der Waals surface area (Å²) in [6, 6.07) is 14.6. The number of oxazole rings is 1. The van der Waals surface area contributed by atoms with Crippen LogP contribution < -0.4 is 10.1 Å². The number of nitrogens with one attached hydrogen (secondary N) is 1. The van der Waals surface area contributed by atoms with Gasteiger partial charge in [-0.3, -0.25) is 4.79 Å². The highest BCUT2D eigenvalue weighted by molar-refractivity contribution is 6.35. The summed E-state index contributed by atoms with van der Waals surface area (Å²) < 4.78 is 11.7. The van der Waals surface area contributed by atoms with Crippen molar-refractivity contribution in [2.75, 3.05) is 5.32 Å². The molecule has 4 aromatic rings. The number of nitrogens with zero attached hydrogens (tertiary/aromatic N) is 1. The molecule has 1 aromatic heterocycles. The van der Waals surface area contributed by atoms with Crippen LogP contribution in [0.1, 0.15) is 23.6 Å². The van der Waals surface area contributed by atoms with Gasteiger partial charge in [0.2, 0.25) is 5.89 Å². The van der Waals surface area contributed by atoms with Gasteiger partial charge < -0.3 is 14.5 Å². The van der Waals surface area contributed by atoms with Crippen molar-refractivity contribution in [2.24, 2.45) is 0 Å². The Labute approximate surface area is 196 Å². The predicted octanol–water partition coefficient (Wildman–Crippen LogP) is 7.13. The molecule has 1 unspecified atom stereocenters. The Balaban J connectivity index is 1.56. The van der Waals surface area contributed by atoms with Crippen LogP contribution in [0.25, 0.3) is 22.6 Å². The third-order valence-corrected chi connectivity index (χ3v) is 5.66. The first-order valence-electron chi connectivity index (χ1n) is 10.1. The molecule has 0 bridgehead atoms. The zero-order chi connectivity index (χ0) is 23.0. The zero-order valence-electron chi connectivity index (χ0n) is 18.1. The molecule has 3 aromatic carbocycles. The number of aromatic nitrogens is 1. The lowest BCUT2D eigenvalue weighted by atomic mass is 10.1. The Morgan fingerprint density at radius 2 is 1.81 bits per heavy atom. The van der Waals surface area contributed by atoms with E-state index in [1.807, 2.05) is 45.0 Å². The largest absolute Gasteiger partial charge is 0.479 e.